The van der Waals surface area contributed by atoms with Crippen molar-refractivity contribution in [2.45, 2.75) is 44.6 Å². The van der Waals surface area contributed by atoms with Crippen LogP contribution in [0.4, 0.5) is 0 Å². The number of carbonyl (C=O) groups is 1. The first-order valence-electron chi connectivity index (χ1n) is 7.07. The third-order valence-electron chi connectivity index (χ3n) is 3.79. The van der Waals surface area contributed by atoms with E-state index in [9.17, 15) is 4.79 Å². The summed E-state index contributed by atoms with van der Waals surface area (Å²) in [5.41, 5.74) is 0. The SMILES string of the molecule is O=C1CC(NCCN2CCCCC2)CCCN1. The lowest BCUT2D eigenvalue weighted by atomic mass is 10.1. The van der Waals surface area contributed by atoms with Gasteiger partial charge in [0.05, 0.1) is 0 Å². The highest BCUT2D eigenvalue weighted by atomic mass is 16.1. The minimum Gasteiger partial charge on any atom is -0.356 e. The van der Waals surface area contributed by atoms with Crippen molar-refractivity contribution in [3.63, 3.8) is 0 Å². The number of piperidine rings is 1. The van der Waals surface area contributed by atoms with Gasteiger partial charge < -0.3 is 15.5 Å². The molecule has 0 spiro atoms. The van der Waals surface area contributed by atoms with Crippen LogP contribution < -0.4 is 10.6 Å². The van der Waals surface area contributed by atoms with Gasteiger partial charge in [0, 0.05) is 32.1 Å². The van der Waals surface area contributed by atoms with Crippen LogP contribution >= 0.6 is 0 Å². The molecule has 2 fully saturated rings. The molecule has 1 amide bonds. The molecule has 0 saturated carbocycles. The van der Waals surface area contributed by atoms with Crippen LogP contribution in [0.2, 0.25) is 0 Å². The number of rotatable bonds is 4. The van der Waals surface area contributed by atoms with E-state index in [2.05, 4.69) is 15.5 Å². The van der Waals surface area contributed by atoms with Gasteiger partial charge in [-0.1, -0.05) is 6.42 Å². The topological polar surface area (TPSA) is 44.4 Å². The van der Waals surface area contributed by atoms with Crippen LogP contribution in [0.3, 0.4) is 0 Å². The molecule has 1 atom stereocenters. The van der Waals surface area contributed by atoms with E-state index in [1.807, 2.05) is 0 Å². The molecule has 0 aromatic heterocycles. The summed E-state index contributed by atoms with van der Waals surface area (Å²) < 4.78 is 0. The summed E-state index contributed by atoms with van der Waals surface area (Å²) in [6, 6.07) is 0.391. The zero-order valence-corrected chi connectivity index (χ0v) is 10.7. The van der Waals surface area contributed by atoms with Gasteiger partial charge in [0.25, 0.3) is 0 Å². The van der Waals surface area contributed by atoms with E-state index < -0.39 is 0 Å². The summed E-state index contributed by atoms with van der Waals surface area (Å²) in [5.74, 6) is 0.206. The molecule has 0 aliphatic carbocycles. The zero-order chi connectivity index (χ0) is 11.9. The van der Waals surface area contributed by atoms with Gasteiger partial charge >= 0.3 is 0 Å². The third-order valence-corrected chi connectivity index (χ3v) is 3.79. The minimum absolute atomic E-state index is 0.206. The van der Waals surface area contributed by atoms with Crippen molar-refractivity contribution >= 4 is 5.91 Å². The van der Waals surface area contributed by atoms with Gasteiger partial charge in [-0.2, -0.15) is 0 Å². The Kier molecular flexibility index (Phi) is 5.26. The largest absolute Gasteiger partial charge is 0.356 e. The molecule has 4 heteroatoms. The maximum Gasteiger partial charge on any atom is 0.221 e. The number of carbonyl (C=O) groups excluding carboxylic acids is 1. The summed E-state index contributed by atoms with van der Waals surface area (Å²) in [5, 5.41) is 6.46. The van der Waals surface area contributed by atoms with Crippen LogP contribution in [0, 0.1) is 0 Å². The van der Waals surface area contributed by atoms with Gasteiger partial charge in [-0.3, -0.25) is 4.79 Å². The summed E-state index contributed by atoms with van der Waals surface area (Å²) >= 11 is 0. The van der Waals surface area contributed by atoms with Crippen molar-refractivity contribution in [2.75, 3.05) is 32.7 Å². The lowest BCUT2D eigenvalue weighted by molar-refractivity contribution is -0.121. The average molecular weight is 239 g/mol. The smallest absolute Gasteiger partial charge is 0.221 e. The standard InChI is InChI=1S/C13H25N3O/c17-13-11-12(5-4-6-15-13)14-7-10-16-8-2-1-3-9-16/h12,14H,1-11H2,(H,15,17). The van der Waals surface area contributed by atoms with Gasteiger partial charge in [-0.25, -0.2) is 0 Å². The van der Waals surface area contributed by atoms with Crippen molar-refractivity contribution in [2.24, 2.45) is 0 Å². The number of hydrogen-bond donors (Lipinski definition) is 2. The van der Waals surface area contributed by atoms with E-state index in [4.69, 9.17) is 0 Å². The maximum atomic E-state index is 11.4. The molecule has 2 N–H and O–H groups in total. The highest BCUT2D eigenvalue weighted by molar-refractivity contribution is 5.76. The first kappa shape index (κ1) is 12.8. The van der Waals surface area contributed by atoms with E-state index in [0.29, 0.717) is 12.5 Å². The fourth-order valence-corrected chi connectivity index (χ4v) is 2.76. The van der Waals surface area contributed by atoms with E-state index in [-0.39, 0.29) is 5.91 Å². The van der Waals surface area contributed by atoms with Crippen LogP contribution in [-0.2, 0) is 4.79 Å². The molecule has 2 aliphatic rings. The minimum atomic E-state index is 0.206. The molecule has 0 bridgehead atoms. The first-order valence-corrected chi connectivity index (χ1v) is 7.07. The molecular formula is C13H25N3O. The number of hydrogen-bond acceptors (Lipinski definition) is 3. The molecule has 0 radical (unpaired) electrons. The molecule has 98 valence electrons. The second kappa shape index (κ2) is 6.97. The van der Waals surface area contributed by atoms with Crippen LogP contribution in [0.25, 0.3) is 0 Å². The first-order chi connectivity index (χ1) is 8.34. The Morgan fingerprint density at radius 1 is 1.24 bits per heavy atom. The van der Waals surface area contributed by atoms with Gasteiger partial charge in [0.2, 0.25) is 5.91 Å². The molecule has 2 aliphatic heterocycles. The normalized spacial score (nSPS) is 27.5. The third kappa shape index (κ3) is 4.64. The predicted octanol–water partition coefficient (Wildman–Crippen LogP) is 0.731. The van der Waals surface area contributed by atoms with Gasteiger partial charge in [-0.15, -0.1) is 0 Å². The average Bonchev–Trinajstić information content (AvgIpc) is 2.55. The lowest BCUT2D eigenvalue weighted by Crippen LogP contribution is -2.40. The number of nitrogens with zero attached hydrogens (tertiary/aromatic N) is 1. The predicted molar refractivity (Wildman–Crippen MR) is 68.9 cm³/mol. The second-order valence-electron chi connectivity index (χ2n) is 5.25. The monoisotopic (exact) mass is 239 g/mol. The van der Waals surface area contributed by atoms with Gasteiger partial charge in [-0.05, 0) is 38.8 Å². The molecule has 4 nitrogen and oxygen atoms in total. The molecule has 2 saturated heterocycles. The summed E-state index contributed by atoms with van der Waals surface area (Å²) in [6.07, 6.45) is 6.98. The van der Waals surface area contributed by atoms with E-state index in [1.165, 1.54) is 32.4 Å². The number of nitrogens with one attached hydrogen (secondary N) is 2. The fourth-order valence-electron chi connectivity index (χ4n) is 2.76. The Morgan fingerprint density at radius 3 is 2.88 bits per heavy atom. The molecule has 2 heterocycles. The van der Waals surface area contributed by atoms with Gasteiger partial charge in [0.1, 0.15) is 0 Å². The molecule has 0 aromatic rings. The second-order valence-corrected chi connectivity index (χ2v) is 5.25. The molecule has 2 rings (SSSR count). The Labute approximate surface area is 104 Å². The maximum absolute atomic E-state index is 11.4. The number of likely N-dealkylation sites (tertiary alicyclic amines) is 1. The van der Waals surface area contributed by atoms with Crippen molar-refractivity contribution in [3.05, 3.63) is 0 Å². The highest BCUT2D eigenvalue weighted by Gasteiger charge is 2.17. The Balaban J connectivity index is 1.61. The number of amides is 1. The molecule has 17 heavy (non-hydrogen) atoms. The molecular weight excluding hydrogens is 214 g/mol. The molecule has 0 aromatic carbocycles. The van der Waals surface area contributed by atoms with Crippen molar-refractivity contribution in [1.29, 1.82) is 0 Å². The van der Waals surface area contributed by atoms with Crippen LogP contribution in [0.15, 0.2) is 0 Å². The quantitative estimate of drug-likeness (QED) is 0.760. The van der Waals surface area contributed by atoms with E-state index >= 15 is 0 Å². The van der Waals surface area contributed by atoms with E-state index in [1.54, 1.807) is 0 Å². The zero-order valence-electron chi connectivity index (χ0n) is 10.7. The Hall–Kier alpha value is -0.610. The Morgan fingerprint density at radius 2 is 2.06 bits per heavy atom. The summed E-state index contributed by atoms with van der Waals surface area (Å²) in [4.78, 5) is 13.9. The highest BCUT2D eigenvalue weighted by Crippen LogP contribution is 2.08. The van der Waals surface area contributed by atoms with Crippen molar-refractivity contribution in [3.8, 4) is 0 Å². The summed E-state index contributed by atoms with van der Waals surface area (Å²) in [7, 11) is 0. The van der Waals surface area contributed by atoms with Crippen LogP contribution in [-0.4, -0.2) is 49.6 Å². The lowest BCUT2D eigenvalue weighted by Gasteiger charge is -2.27. The fraction of sp³-hybridized carbons (Fsp3) is 0.923. The van der Waals surface area contributed by atoms with Gasteiger partial charge in [0.15, 0.2) is 0 Å². The van der Waals surface area contributed by atoms with E-state index in [0.717, 1.165) is 32.5 Å². The Bertz CT molecular complexity index is 239. The van der Waals surface area contributed by atoms with Crippen molar-refractivity contribution in [1.82, 2.24) is 15.5 Å². The van der Waals surface area contributed by atoms with Crippen molar-refractivity contribution < 1.29 is 4.79 Å². The van der Waals surface area contributed by atoms with Crippen LogP contribution in [0.1, 0.15) is 38.5 Å². The molecule has 1 unspecified atom stereocenters. The van der Waals surface area contributed by atoms with Crippen LogP contribution in [0.5, 0.6) is 0 Å². The summed E-state index contributed by atoms with van der Waals surface area (Å²) in [6.45, 7) is 5.53.